The Balaban J connectivity index is 2.67. The summed E-state index contributed by atoms with van der Waals surface area (Å²) in [6.45, 7) is 0. The fourth-order valence-corrected chi connectivity index (χ4v) is 2.28. The maximum atomic E-state index is 5.91. The Labute approximate surface area is 84.2 Å². The number of nitrogens with zero attached hydrogens (tertiary/aromatic N) is 2. The molecule has 0 spiro atoms. The van der Waals surface area contributed by atoms with E-state index in [1.807, 2.05) is 17.6 Å². The lowest BCUT2D eigenvalue weighted by Crippen LogP contribution is -1.89. The molecule has 0 saturated heterocycles. The summed E-state index contributed by atoms with van der Waals surface area (Å²) >= 11 is 1.62. The fourth-order valence-electron chi connectivity index (χ4n) is 1.59. The second kappa shape index (κ2) is 2.65. The minimum absolute atomic E-state index is 0.742. The zero-order valence-electron chi connectivity index (χ0n) is 7.27. The van der Waals surface area contributed by atoms with Gasteiger partial charge >= 0.3 is 0 Å². The van der Waals surface area contributed by atoms with Crippen molar-refractivity contribution in [1.29, 1.82) is 0 Å². The largest absolute Gasteiger partial charge is 0.398 e. The SMILES string of the molecule is Nc1ccnc2ccc3scnc3c12. The van der Waals surface area contributed by atoms with Gasteiger partial charge in [-0.3, -0.25) is 4.98 Å². The average molecular weight is 201 g/mol. The van der Waals surface area contributed by atoms with Crippen LogP contribution in [0.25, 0.3) is 21.1 Å². The van der Waals surface area contributed by atoms with Crippen LogP contribution in [0, 0.1) is 0 Å². The minimum atomic E-state index is 0.742. The summed E-state index contributed by atoms with van der Waals surface area (Å²) in [5, 5.41) is 0.964. The predicted octanol–water partition coefficient (Wildman–Crippen LogP) is 2.43. The van der Waals surface area contributed by atoms with Gasteiger partial charge in [0.2, 0.25) is 0 Å². The molecule has 1 aromatic carbocycles. The Kier molecular flexibility index (Phi) is 1.46. The van der Waals surface area contributed by atoms with Crippen LogP contribution in [-0.4, -0.2) is 9.97 Å². The first kappa shape index (κ1) is 7.70. The number of nitrogen functional groups attached to an aromatic ring is 1. The molecule has 0 aliphatic rings. The lowest BCUT2D eigenvalue weighted by Gasteiger charge is -2.00. The van der Waals surface area contributed by atoms with Crippen LogP contribution in [0.15, 0.2) is 29.9 Å². The molecule has 0 atom stereocenters. The summed E-state index contributed by atoms with van der Waals surface area (Å²) in [7, 11) is 0. The highest BCUT2D eigenvalue weighted by Gasteiger charge is 2.05. The number of benzene rings is 1. The van der Waals surface area contributed by atoms with Gasteiger partial charge in [0.1, 0.15) is 0 Å². The van der Waals surface area contributed by atoms with Gasteiger partial charge in [-0.1, -0.05) is 0 Å². The molecule has 0 aliphatic heterocycles. The topological polar surface area (TPSA) is 51.8 Å². The van der Waals surface area contributed by atoms with Crippen molar-refractivity contribution >= 4 is 38.1 Å². The van der Waals surface area contributed by atoms with Crippen LogP contribution in [-0.2, 0) is 0 Å². The molecular formula is C10H7N3S. The molecule has 2 aromatic heterocycles. The van der Waals surface area contributed by atoms with Gasteiger partial charge in [0.05, 0.1) is 26.6 Å². The van der Waals surface area contributed by atoms with E-state index in [4.69, 9.17) is 5.73 Å². The summed E-state index contributed by atoms with van der Waals surface area (Å²) in [5.41, 5.74) is 10.3. The van der Waals surface area contributed by atoms with Crippen LogP contribution in [0.2, 0.25) is 0 Å². The number of anilines is 1. The van der Waals surface area contributed by atoms with Gasteiger partial charge in [0.15, 0.2) is 0 Å². The van der Waals surface area contributed by atoms with Crippen molar-refractivity contribution in [3.63, 3.8) is 0 Å². The van der Waals surface area contributed by atoms with Crippen LogP contribution < -0.4 is 5.73 Å². The maximum Gasteiger partial charge on any atom is 0.0926 e. The van der Waals surface area contributed by atoms with Crippen molar-refractivity contribution < 1.29 is 0 Å². The highest BCUT2D eigenvalue weighted by Crippen LogP contribution is 2.29. The quantitative estimate of drug-likeness (QED) is 0.607. The van der Waals surface area contributed by atoms with Gasteiger partial charge in [-0.25, -0.2) is 4.98 Å². The first-order valence-electron chi connectivity index (χ1n) is 4.22. The smallest absolute Gasteiger partial charge is 0.0926 e. The van der Waals surface area contributed by atoms with E-state index in [-0.39, 0.29) is 0 Å². The molecule has 0 bridgehead atoms. The Morgan fingerprint density at radius 1 is 1.14 bits per heavy atom. The number of nitrogens with two attached hydrogens (primary N) is 1. The standard InChI is InChI=1S/C10H7N3S/c11-6-3-4-12-7-1-2-8-10(9(6)7)13-5-14-8/h1-5H,(H2,11,12). The maximum absolute atomic E-state index is 5.91. The third kappa shape index (κ3) is 0.914. The van der Waals surface area contributed by atoms with Crippen LogP contribution >= 0.6 is 11.3 Å². The molecule has 0 radical (unpaired) electrons. The molecule has 0 aliphatic carbocycles. The van der Waals surface area contributed by atoms with Crippen molar-refractivity contribution in [3.05, 3.63) is 29.9 Å². The van der Waals surface area contributed by atoms with E-state index in [1.165, 1.54) is 0 Å². The van der Waals surface area contributed by atoms with E-state index >= 15 is 0 Å². The first-order valence-corrected chi connectivity index (χ1v) is 5.10. The van der Waals surface area contributed by atoms with Gasteiger partial charge in [0.25, 0.3) is 0 Å². The summed E-state index contributed by atoms with van der Waals surface area (Å²) in [4.78, 5) is 8.56. The third-order valence-corrected chi connectivity index (χ3v) is 3.03. The molecule has 3 rings (SSSR count). The van der Waals surface area contributed by atoms with E-state index in [9.17, 15) is 0 Å². The van der Waals surface area contributed by atoms with Crippen LogP contribution in [0.5, 0.6) is 0 Å². The lowest BCUT2D eigenvalue weighted by atomic mass is 10.1. The molecule has 3 nitrogen and oxygen atoms in total. The molecular weight excluding hydrogens is 194 g/mol. The molecule has 0 saturated carbocycles. The normalized spacial score (nSPS) is 11.1. The number of rotatable bonds is 0. The third-order valence-electron chi connectivity index (χ3n) is 2.24. The molecule has 68 valence electrons. The second-order valence-electron chi connectivity index (χ2n) is 3.06. The number of hydrogen-bond donors (Lipinski definition) is 1. The molecule has 0 fully saturated rings. The van der Waals surface area contributed by atoms with E-state index in [0.717, 1.165) is 26.8 Å². The summed E-state index contributed by atoms with van der Waals surface area (Å²) < 4.78 is 1.15. The van der Waals surface area contributed by atoms with Crippen LogP contribution in [0.4, 0.5) is 5.69 Å². The summed E-state index contributed by atoms with van der Waals surface area (Å²) in [6.07, 6.45) is 1.72. The monoisotopic (exact) mass is 201 g/mol. The van der Waals surface area contributed by atoms with Crippen molar-refractivity contribution in [1.82, 2.24) is 9.97 Å². The van der Waals surface area contributed by atoms with Crippen molar-refractivity contribution in [2.45, 2.75) is 0 Å². The lowest BCUT2D eigenvalue weighted by molar-refractivity contribution is 1.41. The number of pyridine rings is 1. The zero-order chi connectivity index (χ0) is 9.54. The summed E-state index contributed by atoms with van der Waals surface area (Å²) in [6, 6.07) is 5.81. The van der Waals surface area contributed by atoms with E-state index in [1.54, 1.807) is 23.6 Å². The highest BCUT2D eigenvalue weighted by atomic mass is 32.1. The van der Waals surface area contributed by atoms with Crippen molar-refractivity contribution in [3.8, 4) is 0 Å². The number of fused-ring (bicyclic) bond motifs is 3. The van der Waals surface area contributed by atoms with E-state index < -0.39 is 0 Å². The Morgan fingerprint density at radius 2 is 2.07 bits per heavy atom. The number of aromatic nitrogens is 2. The van der Waals surface area contributed by atoms with Crippen LogP contribution in [0.3, 0.4) is 0 Å². The molecule has 3 aromatic rings. The average Bonchev–Trinajstić information content (AvgIpc) is 2.65. The first-order chi connectivity index (χ1) is 6.86. The van der Waals surface area contributed by atoms with Gasteiger partial charge in [0, 0.05) is 11.9 Å². The Bertz CT molecular complexity index is 615. The number of hydrogen-bond acceptors (Lipinski definition) is 4. The highest BCUT2D eigenvalue weighted by molar-refractivity contribution is 7.16. The fraction of sp³-hybridized carbons (Fsp3) is 0. The van der Waals surface area contributed by atoms with Gasteiger partial charge < -0.3 is 5.73 Å². The van der Waals surface area contributed by atoms with Gasteiger partial charge in [-0.15, -0.1) is 11.3 Å². The summed E-state index contributed by atoms with van der Waals surface area (Å²) in [5.74, 6) is 0. The van der Waals surface area contributed by atoms with E-state index in [2.05, 4.69) is 9.97 Å². The Hall–Kier alpha value is -1.68. The van der Waals surface area contributed by atoms with Crippen molar-refractivity contribution in [2.75, 3.05) is 5.73 Å². The molecule has 2 heterocycles. The molecule has 0 unspecified atom stereocenters. The Morgan fingerprint density at radius 3 is 3.00 bits per heavy atom. The van der Waals surface area contributed by atoms with Crippen molar-refractivity contribution in [2.24, 2.45) is 0 Å². The number of thiazole rings is 1. The van der Waals surface area contributed by atoms with Gasteiger partial charge in [-0.05, 0) is 18.2 Å². The molecule has 0 amide bonds. The van der Waals surface area contributed by atoms with E-state index in [0.29, 0.717) is 0 Å². The zero-order valence-corrected chi connectivity index (χ0v) is 8.08. The van der Waals surface area contributed by atoms with Crippen LogP contribution in [0.1, 0.15) is 0 Å². The molecule has 4 heteroatoms. The minimum Gasteiger partial charge on any atom is -0.398 e. The van der Waals surface area contributed by atoms with Gasteiger partial charge in [-0.2, -0.15) is 0 Å². The predicted molar refractivity (Wildman–Crippen MR) is 59.3 cm³/mol. The second-order valence-corrected chi connectivity index (χ2v) is 3.95. The molecule has 2 N–H and O–H groups in total. The molecule has 14 heavy (non-hydrogen) atoms.